The number of hydrogen-bond donors (Lipinski definition) is 1. The topological polar surface area (TPSA) is 60.1 Å². The van der Waals surface area contributed by atoms with Crippen molar-refractivity contribution in [2.75, 3.05) is 5.32 Å². The van der Waals surface area contributed by atoms with Crippen molar-refractivity contribution in [1.82, 2.24) is 9.78 Å². The number of rotatable bonds is 4. The number of benzene rings is 1. The number of anilines is 1. The van der Waals surface area contributed by atoms with Gasteiger partial charge in [0.2, 0.25) is 0 Å². The molecule has 0 fully saturated rings. The third-order valence-corrected chi connectivity index (χ3v) is 3.86. The first-order chi connectivity index (χ1) is 11.0. The van der Waals surface area contributed by atoms with Gasteiger partial charge in [0.25, 0.3) is 5.91 Å². The highest BCUT2D eigenvalue weighted by Crippen LogP contribution is 2.21. The lowest BCUT2D eigenvalue weighted by molar-refractivity contribution is 0.0996. The Bertz CT molecular complexity index is 820. The lowest BCUT2D eigenvalue weighted by Crippen LogP contribution is -2.12. The van der Waals surface area contributed by atoms with Gasteiger partial charge in [-0.2, -0.15) is 5.10 Å². The van der Waals surface area contributed by atoms with Crippen LogP contribution in [-0.4, -0.2) is 15.7 Å². The van der Waals surface area contributed by atoms with Crippen LogP contribution in [0.25, 0.3) is 0 Å². The molecule has 1 amide bonds. The summed E-state index contributed by atoms with van der Waals surface area (Å²) >= 11 is 5.90. The van der Waals surface area contributed by atoms with E-state index in [4.69, 9.17) is 16.0 Å². The van der Waals surface area contributed by atoms with Gasteiger partial charge in [0.05, 0.1) is 29.9 Å². The van der Waals surface area contributed by atoms with E-state index < -0.39 is 0 Å². The molecule has 23 heavy (non-hydrogen) atoms. The zero-order chi connectivity index (χ0) is 16.4. The monoisotopic (exact) mass is 329 g/mol. The molecular formula is C17H16ClN3O2. The predicted octanol–water partition coefficient (Wildman–Crippen LogP) is 4.05. The Morgan fingerprint density at radius 2 is 2.00 bits per heavy atom. The van der Waals surface area contributed by atoms with Crippen LogP contribution < -0.4 is 5.32 Å². The molecule has 2 aromatic heterocycles. The van der Waals surface area contributed by atoms with Crippen LogP contribution in [0.3, 0.4) is 0 Å². The second kappa shape index (κ2) is 6.30. The third-order valence-electron chi connectivity index (χ3n) is 3.61. The number of aromatic nitrogens is 2. The molecule has 0 radical (unpaired) electrons. The number of furan rings is 1. The molecule has 5 nitrogen and oxygen atoms in total. The average molecular weight is 330 g/mol. The minimum atomic E-state index is -0.285. The summed E-state index contributed by atoms with van der Waals surface area (Å²) in [6, 6.07) is 10.9. The summed E-state index contributed by atoms with van der Waals surface area (Å²) in [7, 11) is 0. The van der Waals surface area contributed by atoms with Crippen molar-refractivity contribution in [1.29, 1.82) is 0 Å². The molecule has 2 heterocycles. The van der Waals surface area contributed by atoms with Gasteiger partial charge in [-0.15, -0.1) is 0 Å². The quantitative estimate of drug-likeness (QED) is 0.785. The average Bonchev–Trinajstić information content (AvgIpc) is 3.14. The Morgan fingerprint density at radius 1 is 1.26 bits per heavy atom. The van der Waals surface area contributed by atoms with Gasteiger partial charge in [-0.1, -0.05) is 23.7 Å². The maximum absolute atomic E-state index is 12.1. The lowest BCUT2D eigenvalue weighted by Gasteiger charge is -2.06. The highest BCUT2D eigenvalue weighted by molar-refractivity contribution is 6.30. The van der Waals surface area contributed by atoms with Crippen LogP contribution in [-0.2, 0) is 6.54 Å². The summed E-state index contributed by atoms with van der Waals surface area (Å²) in [5.41, 5.74) is 3.44. The number of nitrogens with one attached hydrogen (secondary N) is 1. The predicted molar refractivity (Wildman–Crippen MR) is 88.9 cm³/mol. The number of carbonyl (C=O) groups excluding carboxylic acids is 1. The van der Waals surface area contributed by atoms with Crippen LogP contribution in [0.5, 0.6) is 0 Å². The van der Waals surface area contributed by atoms with E-state index in [1.54, 1.807) is 12.1 Å². The smallest absolute Gasteiger partial charge is 0.291 e. The second-order valence-corrected chi connectivity index (χ2v) is 5.70. The summed E-state index contributed by atoms with van der Waals surface area (Å²) in [5.74, 6) is -0.0125. The van der Waals surface area contributed by atoms with E-state index in [9.17, 15) is 4.79 Å². The summed E-state index contributed by atoms with van der Waals surface area (Å²) in [6.07, 6.45) is 1.47. The Kier molecular flexibility index (Phi) is 4.21. The van der Waals surface area contributed by atoms with E-state index in [1.165, 1.54) is 6.26 Å². The highest BCUT2D eigenvalue weighted by atomic mass is 35.5. The molecule has 0 spiro atoms. The Labute approximate surface area is 138 Å². The van der Waals surface area contributed by atoms with E-state index in [2.05, 4.69) is 10.4 Å². The van der Waals surface area contributed by atoms with Gasteiger partial charge >= 0.3 is 0 Å². The number of halogens is 1. The fraction of sp³-hybridized carbons (Fsp3) is 0.176. The van der Waals surface area contributed by atoms with E-state index in [0.29, 0.717) is 17.3 Å². The van der Waals surface area contributed by atoms with Gasteiger partial charge in [0.1, 0.15) is 0 Å². The molecule has 0 aliphatic heterocycles. The van der Waals surface area contributed by atoms with Gasteiger partial charge in [0, 0.05) is 5.02 Å². The molecule has 0 aliphatic rings. The van der Waals surface area contributed by atoms with Crippen molar-refractivity contribution < 1.29 is 9.21 Å². The molecule has 6 heteroatoms. The fourth-order valence-corrected chi connectivity index (χ4v) is 2.50. The van der Waals surface area contributed by atoms with Crippen LogP contribution in [0.1, 0.15) is 27.5 Å². The zero-order valence-corrected chi connectivity index (χ0v) is 13.6. The highest BCUT2D eigenvalue weighted by Gasteiger charge is 2.16. The van der Waals surface area contributed by atoms with Gasteiger partial charge in [-0.3, -0.25) is 9.48 Å². The molecule has 0 saturated heterocycles. The van der Waals surface area contributed by atoms with Crippen LogP contribution >= 0.6 is 11.6 Å². The number of aryl methyl sites for hydroxylation is 1. The Morgan fingerprint density at radius 3 is 2.65 bits per heavy atom. The maximum Gasteiger partial charge on any atom is 0.291 e. The minimum Gasteiger partial charge on any atom is -0.459 e. The zero-order valence-electron chi connectivity index (χ0n) is 12.8. The molecule has 0 atom stereocenters. The van der Waals surface area contributed by atoms with Crippen LogP contribution in [0.4, 0.5) is 5.69 Å². The largest absolute Gasteiger partial charge is 0.459 e. The first-order valence-corrected chi connectivity index (χ1v) is 7.55. The fourth-order valence-electron chi connectivity index (χ4n) is 2.38. The van der Waals surface area contributed by atoms with E-state index in [-0.39, 0.29) is 11.7 Å². The van der Waals surface area contributed by atoms with Gasteiger partial charge in [-0.05, 0) is 43.7 Å². The normalized spacial score (nSPS) is 10.7. The Balaban J connectivity index is 1.81. The molecule has 3 rings (SSSR count). The molecule has 1 N–H and O–H groups in total. The third kappa shape index (κ3) is 3.29. The number of hydrogen-bond acceptors (Lipinski definition) is 3. The van der Waals surface area contributed by atoms with Crippen LogP contribution in [0.15, 0.2) is 47.1 Å². The van der Waals surface area contributed by atoms with Crippen molar-refractivity contribution in [3.8, 4) is 0 Å². The molecule has 3 aromatic rings. The lowest BCUT2D eigenvalue weighted by atomic mass is 10.2. The van der Waals surface area contributed by atoms with Crippen molar-refractivity contribution >= 4 is 23.2 Å². The van der Waals surface area contributed by atoms with E-state index >= 15 is 0 Å². The molecule has 118 valence electrons. The molecule has 0 saturated carbocycles. The number of nitrogens with zero attached hydrogens (tertiary/aromatic N) is 2. The van der Waals surface area contributed by atoms with E-state index in [1.807, 2.05) is 42.8 Å². The summed E-state index contributed by atoms with van der Waals surface area (Å²) in [4.78, 5) is 12.1. The second-order valence-electron chi connectivity index (χ2n) is 5.26. The van der Waals surface area contributed by atoms with Gasteiger partial charge < -0.3 is 9.73 Å². The molecule has 0 bridgehead atoms. The summed E-state index contributed by atoms with van der Waals surface area (Å²) in [5, 5.41) is 8.06. The summed E-state index contributed by atoms with van der Waals surface area (Å²) in [6.45, 7) is 4.40. The van der Waals surface area contributed by atoms with E-state index in [0.717, 1.165) is 17.0 Å². The summed E-state index contributed by atoms with van der Waals surface area (Å²) < 4.78 is 6.97. The van der Waals surface area contributed by atoms with Crippen molar-refractivity contribution in [2.24, 2.45) is 0 Å². The van der Waals surface area contributed by atoms with Crippen molar-refractivity contribution in [2.45, 2.75) is 20.4 Å². The SMILES string of the molecule is Cc1nn(Cc2ccc(Cl)cc2)c(C)c1NC(=O)c1ccco1. The van der Waals surface area contributed by atoms with Crippen LogP contribution in [0.2, 0.25) is 5.02 Å². The molecule has 1 aromatic carbocycles. The molecular weight excluding hydrogens is 314 g/mol. The number of amides is 1. The Hall–Kier alpha value is -2.53. The standard InChI is InChI=1S/C17H16ClN3O2/c1-11-16(19-17(22)15-4-3-9-23-15)12(2)21(20-11)10-13-5-7-14(18)8-6-13/h3-9H,10H2,1-2H3,(H,19,22). The first kappa shape index (κ1) is 15.4. The first-order valence-electron chi connectivity index (χ1n) is 7.18. The van der Waals surface area contributed by atoms with Crippen LogP contribution in [0, 0.1) is 13.8 Å². The molecule has 0 aliphatic carbocycles. The minimum absolute atomic E-state index is 0.272. The van der Waals surface area contributed by atoms with Gasteiger partial charge in [0.15, 0.2) is 5.76 Å². The molecule has 0 unspecified atom stereocenters. The van der Waals surface area contributed by atoms with Crippen molar-refractivity contribution in [3.05, 3.63) is 70.4 Å². The maximum atomic E-state index is 12.1. The van der Waals surface area contributed by atoms with Gasteiger partial charge in [-0.25, -0.2) is 0 Å². The number of carbonyl (C=O) groups is 1. The van der Waals surface area contributed by atoms with Crippen molar-refractivity contribution in [3.63, 3.8) is 0 Å².